The molecule has 2 aromatic rings. The second-order valence-electron chi connectivity index (χ2n) is 4.22. The Labute approximate surface area is 122 Å². The lowest BCUT2D eigenvalue weighted by atomic mass is 10.1. The van der Waals surface area contributed by atoms with Gasteiger partial charge < -0.3 is 9.84 Å². The summed E-state index contributed by atoms with van der Waals surface area (Å²) in [6.07, 6.45) is -1.21. The van der Waals surface area contributed by atoms with Gasteiger partial charge in [0.1, 0.15) is 11.9 Å². The number of nitrogens with zero attached hydrogens (tertiary/aromatic N) is 1. The number of nitro benzene ring substituents is 1. The van der Waals surface area contributed by atoms with Gasteiger partial charge in [0, 0.05) is 11.6 Å². The Balaban J connectivity index is 2.24. The number of para-hydroxylation sites is 1. The van der Waals surface area contributed by atoms with Gasteiger partial charge in [-0.2, -0.15) is 0 Å². The van der Waals surface area contributed by atoms with Crippen molar-refractivity contribution < 1.29 is 14.8 Å². The maximum atomic E-state index is 10.9. The summed E-state index contributed by atoms with van der Waals surface area (Å²) in [5.74, 6) is 6.10. The number of rotatable bonds is 3. The summed E-state index contributed by atoms with van der Waals surface area (Å²) in [5.41, 5.74) is 0.728. The van der Waals surface area contributed by atoms with Crippen LogP contribution in [0.4, 0.5) is 5.69 Å². The fourth-order valence-corrected chi connectivity index (χ4v) is 1.79. The lowest BCUT2D eigenvalue weighted by Crippen LogP contribution is -2.00. The second kappa shape index (κ2) is 6.55. The van der Waals surface area contributed by atoms with Gasteiger partial charge in [0.05, 0.1) is 17.6 Å². The predicted molar refractivity (Wildman–Crippen MR) is 77.9 cm³/mol. The number of nitro groups is 1. The number of methoxy groups -OCH3 is 1. The van der Waals surface area contributed by atoms with Gasteiger partial charge in [0.25, 0.3) is 5.69 Å². The Morgan fingerprint density at radius 1 is 1.19 bits per heavy atom. The predicted octanol–water partition coefficient (Wildman–Crippen LogP) is 2.69. The summed E-state index contributed by atoms with van der Waals surface area (Å²) < 4.78 is 5.03. The summed E-state index contributed by atoms with van der Waals surface area (Å²) in [7, 11) is 1.57. The normalized spacial score (nSPS) is 11.1. The van der Waals surface area contributed by atoms with Crippen molar-refractivity contribution in [1.82, 2.24) is 0 Å². The van der Waals surface area contributed by atoms with Gasteiger partial charge in [-0.1, -0.05) is 24.0 Å². The van der Waals surface area contributed by atoms with Crippen molar-refractivity contribution in [2.45, 2.75) is 6.10 Å². The standard InChI is InChI=1S/C16H13NO4/c1-21-13-9-6-12(7-10-13)8-11-16(18)14-4-2-3-5-15(14)17(19)20/h2-7,9-10,16,18H,1H3. The van der Waals surface area contributed by atoms with Crippen molar-refractivity contribution in [3.8, 4) is 17.6 Å². The molecule has 1 atom stereocenters. The van der Waals surface area contributed by atoms with E-state index in [4.69, 9.17) is 4.74 Å². The number of benzene rings is 2. The van der Waals surface area contributed by atoms with Crippen LogP contribution in [0.25, 0.3) is 0 Å². The average molecular weight is 283 g/mol. The quantitative estimate of drug-likeness (QED) is 0.534. The topological polar surface area (TPSA) is 72.6 Å². The SMILES string of the molecule is COc1ccc(C#CC(O)c2ccccc2[N+](=O)[O-])cc1. The molecule has 1 N–H and O–H groups in total. The number of ether oxygens (including phenoxy) is 1. The number of aliphatic hydroxyl groups excluding tert-OH is 1. The van der Waals surface area contributed by atoms with Gasteiger partial charge in [-0.25, -0.2) is 0 Å². The molecular weight excluding hydrogens is 270 g/mol. The molecule has 0 bridgehead atoms. The fourth-order valence-electron chi connectivity index (χ4n) is 1.79. The first-order chi connectivity index (χ1) is 10.1. The molecule has 0 aliphatic heterocycles. The van der Waals surface area contributed by atoms with Gasteiger partial charge in [0.15, 0.2) is 0 Å². The van der Waals surface area contributed by atoms with E-state index in [2.05, 4.69) is 11.8 Å². The molecule has 5 heteroatoms. The van der Waals surface area contributed by atoms with Crippen LogP contribution in [0.15, 0.2) is 48.5 Å². The number of hydrogen-bond acceptors (Lipinski definition) is 4. The Bertz CT molecular complexity index is 698. The van der Waals surface area contributed by atoms with Crippen LogP contribution >= 0.6 is 0 Å². The molecule has 0 saturated carbocycles. The molecule has 0 heterocycles. The fraction of sp³-hybridized carbons (Fsp3) is 0.125. The van der Waals surface area contributed by atoms with Crippen LogP contribution in [0.1, 0.15) is 17.2 Å². The summed E-state index contributed by atoms with van der Waals surface area (Å²) in [4.78, 5) is 10.4. The van der Waals surface area contributed by atoms with Crippen molar-refractivity contribution in [2.75, 3.05) is 7.11 Å². The van der Waals surface area contributed by atoms with E-state index in [0.717, 1.165) is 0 Å². The molecule has 0 fully saturated rings. The highest BCUT2D eigenvalue weighted by Gasteiger charge is 2.17. The van der Waals surface area contributed by atoms with Crippen LogP contribution in [-0.4, -0.2) is 17.1 Å². The van der Waals surface area contributed by atoms with Gasteiger partial charge in [0.2, 0.25) is 0 Å². The highest BCUT2D eigenvalue weighted by atomic mass is 16.6. The first-order valence-corrected chi connectivity index (χ1v) is 6.19. The van der Waals surface area contributed by atoms with Crippen LogP contribution < -0.4 is 4.74 Å². The number of aliphatic hydroxyl groups is 1. The molecule has 21 heavy (non-hydrogen) atoms. The van der Waals surface area contributed by atoms with E-state index in [1.807, 2.05) is 0 Å². The van der Waals surface area contributed by atoms with Crippen molar-refractivity contribution in [3.63, 3.8) is 0 Å². The summed E-state index contributed by atoms with van der Waals surface area (Å²) >= 11 is 0. The third-order valence-electron chi connectivity index (χ3n) is 2.87. The molecule has 106 valence electrons. The average Bonchev–Trinajstić information content (AvgIpc) is 2.53. The van der Waals surface area contributed by atoms with Crippen LogP contribution in [0, 0.1) is 22.0 Å². The van der Waals surface area contributed by atoms with Crippen molar-refractivity contribution in [3.05, 3.63) is 69.8 Å². The number of hydrogen-bond donors (Lipinski definition) is 1. The molecular formula is C16H13NO4. The van der Waals surface area contributed by atoms with Gasteiger partial charge in [-0.05, 0) is 30.3 Å². The zero-order chi connectivity index (χ0) is 15.2. The van der Waals surface area contributed by atoms with Crippen molar-refractivity contribution in [1.29, 1.82) is 0 Å². The molecule has 1 unspecified atom stereocenters. The molecule has 0 aliphatic carbocycles. The van der Waals surface area contributed by atoms with Gasteiger partial charge in [-0.3, -0.25) is 10.1 Å². The molecule has 0 radical (unpaired) electrons. The van der Waals surface area contributed by atoms with Crippen molar-refractivity contribution in [2.24, 2.45) is 0 Å². The smallest absolute Gasteiger partial charge is 0.276 e. The van der Waals surface area contributed by atoms with E-state index in [9.17, 15) is 15.2 Å². The third kappa shape index (κ3) is 3.59. The maximum absolute atomic E-state index is 10.9. The van der Waals surface area contributed by atoms with Gasteiger partial charge >= 0.3 is 0 Å². The van der Waals surface area contributed by atoms with Crippen LogP contribution in [0.2, 0.25) is 0 Å². The zero-order valence-corrected chi connectivity index (χ0v) is 11.3. The first-order valence-electron chi connectivity index (χ1n) is 6.19. The largest absolute Gasteiger partial charge is 0.497 e. The zero-order valence-electron chi connectivity index (χ0n) is 11.3. The van der Waals surface area contributed by atoms with E-state index in [0.29, 0.717) is 11.3 Å². The minimum absolute atomic E-state index is 0.144. The molecule has 2 rings (SSSR count). The lowest BCUT2D eigenvalue weighted by molar-refractivity contribution is -0.386. The van der Waals surface area contributed by atoms with E-state index in [1.54, 1.807) is 43.5 Å². The second-order valence-corrected chi connectivity index (χ2v) is 4.22. The highest BCUT2D eigenvalue weighted by Crippen LogP contribution is 2.24. The van der Waals surface area contributed by atoms with Crippen LogP contribution in [0.5, 0.6) is 5.75 Å². The highest BCUT2D eigenvalue weighted by molar-refractivity contribution is 5.46. The molecule has 0 amide bonds. The van der Waals surface area contributed by atoms with Crippen LogP contribution in [-0.2, 0) is 0 Å². The Hall–Kier alpha value is -2.84. The maximum Gasteiger partial charge on any atom is 0.276 e. The van der Waals surface area contributed by atoms with E-state index in [-0.39, 0.29) is 11.3 Å². The summed E-state index contributed by atoms with van der Waals surface area (Å²) in [6.45, 7) is 0. The lowest BCUT2D eigenvalue weighted by Gasteiger charge is -2.04. The third-order valence-corrected chi connectivity index (χ3v) is 2.87. The minimum atomic E-state index is -1.21. The Morgan fingerprint density at radius 2 is 1.86 bits per heavy atom. The van der Waals surface area contributed by atoms with Crippen molar-refractivity contribution >= 4 is 5.69 Å². The Kier molecular flexibility index (Phi) is 4.54. The van der Waals surface area contributed by atoms with Gasteiger partial charge in [-0.15, -0.1) is 0 Å². The van der Waals surface area contributed by atoms with E-state index in [1.165, 1.54) is 12.1 Å². The van der Waals surface area contributed by atoms with E-state index >= 15 is 0 Å². The van der Waals surface area contributed by atoms with E-state index < -0.39 is 11.0 Å². The molecule has 0 aliphatic rings. The minimum Gasteiger partial charge on any atom is -0.497 e. The summed E-state index contributed by atoms with van der Waals surface area (Å²) in [6, 6.07) is 13.0. The summed E-state index contributed by atoms with van der Waals surface area (Å²) in [5, 5.41) is 20.9. The molecule has 2 aromatic carbocycles. The first kappa shape index (κ1) is 14.6. The molecule has 0 spiro atoms. The van der Waals surface area contributed by atoms with Crippen LogP contribution in [0.3, 0.4) is 0 Å². The molecule has 0 saturated heterocycles. The monoisotopic (exact) mass is 283 g/mol. The molecule has 5 nitrogen and oxygen atoms in total. The molecule has 0 aromatic heterocycles. The Morgan fingerprint density at radius 3 is 2.48 bits per heavy atom.